The Balaban J connectivity index is 2.28. The van der Waals surface area contributed by atoms with Crippen LogP contribution in [0.25, 0.3) is 0 Å². The van der Waals surface area contributed by atoms with Crippen molar-refractivity contribution >= 4 is 17.5 Å². The molecule has 0 heterocycles. The van der Waals surface area contributed by atoms with E-state index in [-0.39, 0.29) is 12.2 Å². The van der Waals surface area contributed by atoms with E-state index in [4.69, 9.17) is 11.5 Å². The van der Waals surface area contributed by atoms with Crippen molar-refractivity contribution in [2.75, 3.05) is 11.9 Å². The molecule has 102 valence electrons. The van der Waals surface area contributed by atoms with E-state index in [1.54, 1.807) is 0 Å². The standard InChI is InChI=1S/C12H13F2N3O2/c13-7-4-8(14)9(3-6(7)10(16)18)17-11(19)12(5-15)1-2-12/h3-4H,1-2,5,15H2,(H2,16,18)(H,17,19). The number of benzene rings is 1. The average molecular weight is 269 g/mol. The number of carbonyl (C=O) groups excluding carboxylic acids is 2. The first-order valence-electron chi connectivity index (χ1n) is 5.70. The lowest BCUT2D eigenvalue weighted by Crippen LogP contribution is -2.31. The maximum atomic E-state index is 13.5. The SMILES string of the molecule is NCC1(C(=O)Nc2cc(C(N)=O)c(F)cc2F)CC1. The molecular formula is C12H13F2N3O2. The highest BCUT2D eigenvalue weighted by molar-refractivity contribution is 5.99. The van der Waals surface area contributed by atoms with Gasteiger partial charge in [-0.15, -0.1) is 0 Å². The molecule has 1 aromatic carbocycles. The fourth-order valence-corrected chi connectivity index (χ4v) is 1.76. The number of amides is 2. The number of anilines is 1. The largest absolute Gasteiger partial charge is 0.366 e. The summed E-state index contributed by atoms with van der Waals surface area (Å²) in [6, 6.07) is 1.40. The van der Waals surface area contributed by atoms with Crippen molar-refractivity contribution in [3.8, 4) is 0 Å². The fourth-order valence-electron chi connectivity index (χ4n) is 1.76. The molecule has 1 saturated carbocycles. The van der Waals surface area contributed by atoms with Gasteiger partial charge in [-0.2, -0.15) is 0 Å². The van der Waals surface area contributed by atoms with Gasteiger partial charge in [0, 0.05) is 12.6 Å². The zero-order chi connectivity index (χ0) is 14.2. The summed E-state index contributed by atoms with van der Waals surface area (Å²) in [5, 5.41) is 2.32. The molecule has 0 unspecified atom stereocenters. The molecule has 7 heteroatoms. The molecule has 0 radical (unpaired) electrons. The highest BCUT2D eigenvalue weighted by Crippen LogP contribution is 2.45. The van der Waals surface area contributed by atoms with Gasteiger partial charge in [-0.25, -0.2) is 8.78 Å². The highest BCUT2D eigenvalue weighted by atomic mass is 19.1. The van der Waals surface area contributed by atoms with Gasteiger partial charge in [0.15, 0.2) is 0 Å². The van der Waals surface area contributed by atoms with Gasteiger partial charge in [-0.1, -0.05) is 0 Å². The van der Waals surface area contributed by atoms with E-state index in [0.717, 1.165) is 6.07 Å². The third-order valence-electron chi connectivity index (χ3n) is 3.30. The molecule has 2 rings (SSSR count). The lowest BCUT2D eigenvalue weighted by Gasteiger charge is -2.14. The van der Waals surface area contributed by atoms with Gasteiger partial charge in [0.05, 0.1) is 16.7 Å². The van der Waals surface area contributed by atoms with Gasteiger partial charge in [0.1, 0.15) is 11.6 Å². The second kappa shape index (κ2) is 4.58. The van der Waals surface area contributed by atoms with E-state index in [2.05, 4.69) is 5.32 Å². The average Bonchev–Trinajstić information content (AvgIpc) is 3.12. The zero-order valence-corrected chi connectivity index (χ0v) is 10.0. The number of primary amides is 1. The summed E-state index contributed by atoms with van der Waals surface area (Å²) in [5.41, 5.74) is 9.00. The number of carbonyl (C=O) groups is 2. The molecule has 1 aliphatic rings. The normalized spacial score (nSPS) is 15.9. The van der Waals surface area contributed by atoms with Gasteiger partial charge in [0.2, 0.25) is 5.91 Å². The summed E-state index contributed by atoms with van der Waals surface area (Å²) in [7, 11) is 0. The van der Waals surface area contributed by atoms with Gasteiger partial charge in [-0.3, -0.25) is 9.59 Å². The van der Waals surface area contributed by atoms with Crippen molar-refractivity contribution in [1.29, 1.82) is 0 Å². The topological polar surface area (TPSA) is 98.2 Å². The summed E-state index contributed by atoms with van der Waals surface area (Å²) in [4.78, 5) is 22.8. The summed E-state index contributed by atoms with van der Waals surface area (Å²) >= 11 is 0. The lowest BCUT2D eigenvalue weighted by molar-refractivity contribution is -0.120. The Morgan fingerprint density at radius 1 is 1.26 bits per heavy atom. The summed E-state index contributed by atoms with van der Waals surface area (Å²) in [5.74, 6) is -3.50. The Bertz CT molecular complexity index is 556. The smallest absolute Gasteiger partial charge is 0.251 e. The number of rotatable bonds is 4. The number of nitrogens with one attached hydrogen (secondary N) is 1. The highest BCUT2D eigenvalue weighted by Gasteiger charge is 2.48. The van der Waals surface area contributed by atoms with Crippen molar-refractivity contribution in [1.82, 2.24) is 0 Å². The molecule has 5 nitrogen and oxygen atoms in total. The minimum atomic E-state index is -1.07. The number of nitrogens with two attached hydrogens (primary N) is 2. The maximum Gasteiger partial charge on any atom is 0.251 e. The molecule has 0 saturated heterocycles. The van der Waals surface area contributed by atoms with Crippen molar-refractivity contribution in [2.24, 2.45) is 16.9 Å². The molecular weight excluding hydrogens is 256 g/mol. The van der Waals surface area contributed by atoms with Crippen molar-refractivity contribution in [3.63, 3.8) is 0 Å². The minimum absolute atomic E-state index is 0.157. The van der Waals surface area contributed by atoms with Crippen LogP contribution in [0.3, 0.4) is 0 Å². The van der Waals surface area contributed by atoms with Gasteiger partial charge < -0.3 is 16.8 Å². The Morgan fingerprint density at radius 2 is 1.89 bits per heavy atom. The van der Waals surface area contributed by atoms with Crippen LogP contribution in [0.4, 0.5) is 14.5 Å². The number of hydrogen-bond donors (Lipinski definition) is 3. The monoisotopic (exact) mass is 269 g/mol. The Kier molecular flexibility index (Phi) is 3.23. The minimum Gasteiger partial charge on any atom is -0.366 e. The van der Waals surface area contributed by atoms with Crippen LogP contribution in [-0.4, -0.2) is 18.4 Å². The molecule has 1 aromatic rings. The fraction of sp³-hybridized carbons (Fsp3) is 0.333. The van der Waals surface area contributed by atoms with E-state index in [1.165, 1.54) is 0 Å². The molecule has 2 amide bonds. The van der Waals surface area contributed by atoms with E-state index in [9.17, 15) is 18.4 Å². The first kappa shape index (κ1) is 13.4. The summed E-state index contributed by atoms with van der Waals surface area (Å²) in [6.07, 6.45) is 1.25. The third-order valence-corrected chi connectivity index (χ3v) is 3.30. The van der Waals surface area contributed by atoms with E-state index in [1.807, 2.05) is 0 Å². The molecule has 0 aromatic heterocycles. The molecule has 5 N–H and O–H groups in total. The summed E-state index contributed by atoms with van der Waals surface area (Å²) < 4.78 is 26.8. The van der Waals surface area contributed by atoms with Crippen LogP contribution >= 0.6 is 0 Å². The van der Waals surface area contributed by atoms with E-state index in [0.29, 0.717) is 18.9 Å². The molecule has 1 aliphatic carbocycles. The predicted molar refractivity (Wildman–Crippen MR) is 64.2 cm³/mol. The van der Waals surface area contributed by atoms with Crippen LogP contribution in [0.1, 0.15) is 23.2 Å². The molecule has 0 aliphatic heterocycles. The number of halogens is 2. The van der Waals surface area contributed by atoms with Crippen LogP contribution in [0.5, 0.6) is 0 Å². The zero-order valence-electron chi connectivity index (χ0n) is 10.0. The van der Waals surface area contributed by atoms with Crippen molar-refractivity contribution in [2.45, 2.75) is 12.8 Å². The number of hydrogen-bond acceptors (Lipinski definition) is 3. The molecule has 19 heavy (non-hydrogen) atoms. The van der Waals surface area contributed by atoms with Crippen LogP contribution in [-0.2, 0) is 4.79 Å². The van der Waals surface area contributed by atoms with Crippen LogP contribution < -0.4 is 16.8 Å². The van der Waals surface area contributed by atoms with Crippen molar-refractivity contribution < 1.29 is 18.4 Å². The lowest BCUT2D eigenvalue weighted by atomic mass is 10.1. The van der Waals surface area contributed by atoms with Crippen LogP contribution in [0.2, 0.25) is 0 Å². The van der Waals surface area contributed by atoms with Gasteiger partial charge in [0.25, 0.3) is 5.91 Å². The molecule has 0 atom stereocenters. The van der Waals surface area contributed by atoms with E-state index < -0.39 is 34.4 Å². The summed E-state index contributed by atoms with van der Waals surface area (Å²) in [6.45, 7) is 0.157. The van der Waals surface area contributed by atoms with Gasteiger partial charge >= 0.3 is 0 Å². The van der Waals surface area contributed by atoms with Crippen LogP contribution in [0.15, 0.2) is 12.1 Å². The second-order valence-electron chi connectivity index (χ2n) is 4.61. The maximum absolute atomic E-state index is 13.5. The molecule has 0 bridgehead atoms. The van der Waals surface area contributed by atoms with Crippen LogP contribution in [0, 0.1) is 17.0 Å². The van der Waals surface area contributed by atoms with E-state index >= 15 is 0 Å². The van der Waals surface area contributed by atoms with Gasteiger partial charge in [-0.05, 0) is 18.9 Å². The second-order valence-corrected chi connectivity index (χ2v) is 4.61. The Labute approximate surface area is 107 Å². The Morgan fingerprint density at radius 3 is 2.37 bits per heavy atom. The molecule has 1 fully saturated rings. The van der Waals surface area contributed by atoms with Crippen molar-refractivity contribution in [3.05, 3.63) is 29.3 Å². The first-order chi connectivity index (χ1) is 8.89. The third kappa shape index (κ3) is 2.41. The Hall–Kier alpha value is -2.02. The quantitative estimate of drug-likeness (QED) is 0.751. The molecule has 0 spiro atoms. The first-order valence-corrected chi connectivity index (χ1v) is 5.70. The predicted octanol–water partition coefficient (Wildman–Crippen LogP) is 0.741.